The van der Waals surface area contributed by atoms with E-state index in [1.54, 1.807) is 18.2 Å². The van der Waals surface area contributed by atoms with Crippen LogP contribution in [-0.4, -0.2) is 19.0 Å². The Hall–Kier alpha value is -2.22. The molecular formula is C22H23F3O4S. The summed E-state index contributed by atoms with van der Waals surface area (Å²) in [6.07, 6.45) is 1.37. The quantitative estimate of drug-likeness (QED) is 0.511. The monoisotopic (exact) mass is 440 g/mol. The summed E-state index contributed by atoms with van der Waals surface area (Å²) in [7, 11) is -5.76. The normalized spacial score (nSPS) is 24.0. The van der Waals surface area contributed by atoms with E-state index in [0.29, 0.717) is 12.8 Å². The van der Waals surface area contributed by atoms with Gasteiger partial charge in [0.2, 0.25) is 0 Å². The van der Waals surface area contributed by atoms with E-state index in [1.807, 2.05) is 6.07 Å². The Balaban J connectivity index is 1.92. The fraction of sp³-hybridized carbons (Fsp3) is 0.455. The van der Waals surface area contributed by atoms with E-state index < -0.39 is 21.0 Å². The first-order valence-corrected chi connectivity index (χ1v) is 11.0. The molecule has 8 heteroatoms. The molecule has 1 N–H and O–H groups in total. The lowest BCUT2D eigenvalue weighted by atomic mass is 9.72. The zero-order valence-corrected chi connectivity index (χ0v) is 17.9. The van der Waals surface area contributed by atoms with Crippen molar-refractivity contribution in [2.75, 3.05) is 0 Å². The van der Waals surface area contributed by atoms with Gasteiger partial charge in [-0.2, -0.15) is 21.6 Å². The van der Waals surface area contributed by atoms with Crippen molar-refractivity contribution in [1.82, 2.24) is 0 Å². The maximum Gasteiger partial charge on any atom is 0.534 e. The van der Waals surface area contributed by atoms with Crippen molar-refractivity contribution in [3.05, 3.63) is 58.7 Å². The van der Waals surface area contributed by atoms with Crippen molar-refractivity contribution in [2.45, 2.75) is 62.3 Å². The van der Waals surface area contributed by atoms with Gasteiger partial charge in [0.25, 0.3) is 0 Å². The number of hydrogen-bond donors (Lipinski definition) is 1. The first-order chi connectivity index (χ1) is 13.6. The number of benzene rings is 2. The second kappa shape index (κ2) is 5.93. The summed E-state index contributed by atoms with van der Waals surface area (Å²) >= 11 is 0. The van der Waals surface area contributed by atoms with Crippen molar-refractivity contribution in [3.8, 4) is 11.5 Å². The van der Waals surface area contributed by atoms with Crippen LogP contribution in [0.1, 0.15) is 62.8 Å². The smallest absolute Gasteiger partial charge is 0.508 e. The lowest BCUT2D eigenvalue weighted by Gasteiger charge is -2.30. The molecule has 0 fully saturated rings. The zero-order chi connectivity index (χ0) is 22.3. The topological polar surface area (TPSA) is 63.6 Å². The van der Waals surface area contributed by atoms with Gasteiger partial charge in [0, 0.05) is 5.41 Å². The second-order valence-corrected chi connectivity index (χ2v) is 11.2. The minimum atomic E-state index is -5.76. The highest BCUT2D eigenvalue weighted by Crippen LogP contribution is 2.63. The molecule has 1 spiro atoms. The van der Waals surface area contributed by atoms with Crippen LogP contribution in [0.3, 0.4) is 0 Å². The van der Waals surface area contributed by atoms with Crippen LogP contribution in [0.15, 0.2) is 36.4 Å². The Morgan fingerprint density at radius 1 is 0.867 bits per heavy atom. The Bertz CT molecular complexity index is 1150. The summed E-state index contributed by atoms with van der Waals surface area (Å²) < 4.78 is 65.9. The minimum absolute atomic E-state index is 0.115. The average Bonchev–Trinajstić information content (AvgIpc) is 2.93. The lowest BCUT2D eigenvalue weighted by molar-refractivity contribution is -0.0500. The molecule has 2 aromatic carbocycles. The molecule has 2 aromatic rings. The summed E-state index contributed by atoms with van der Waals surface area (Å²) in [5.74, 6) is -0.251. The number of rotatable bonds is 2. The molecule has 4 nitrogen and oxygen atoms in total. The summed E-state index contributed by atoms with van der Waals surface area (Å²) in [5, 5.41) is 10.2. The van der Waals surface area contributed by atoms with Crippen LogP contribution in [0.4, 0.5) is 13.2 Å². The first-order valence-electron chi connectivity index (χ1n) is 9.59. The third-order valence-electron chi connectivity index (χ3n) is 6.46. The van der Waals surface area contributed by atoms with Gasteiger partial charge in [0.05, 0.1) is 0 Å². The van der Waals surface area contributed by atoms with Crippen LogP contribution in [-0.2, 0) is 26.4 Å². The molecule has 1 atom stereocenters. The SMILES string of the molecule is CC1(C)CC2(CC(C)(C)c3ccc(OS(=O)(=O)C(F)(F)F)cc32)c2cc(O)ccc21. The van der Waals surface area contributed by atoms with Crippen LogP contribution >= 0.6 is 0 Å². The Kier molecular flexibility index (Phi) is 4.16. The highest BCUT2D eigenvalue weighted by molar-refractivity contribution is 7.88. The Labute approximate surface area is 173 Å². The third-order valence-corrected chi connectivity index (χ3v) is 7.44. The largest absolute Gasteiger partial charge is 0.534 e. The van der Waals surface area contributed by atoms with Crippen molar-refractivity contribution in [1.29, 1.82) is 0 Å². The number of halogens is 3. The van der Waals surface area contributed by atoms with E-state index in [1.165, 1.54) is 12.1 Å². The molecule has 0 heterocycles. The van der Waals surface area contributed by atoms with E-state index in [0.717, 1.165) is 22.3 Å². The van der Waals surface area contributed by atoms with Gasteiger partial charge in [-0.3, -0.25) is 0 Å². The molecule has 162 valence electrons. The second-order valence-electron chi connectivity index (χ2n) is 9.62. The molecule has 0 saturated heterocycles. The molecule has 0 radical (unpaired) electrons. The summed E-state index contributed by atoms with van der Waals surface area (Å²) in [5.41, 5.74) is -2.90. The fourth-order valence-electron chi connectivity index (χ4n) is 5.54. The maximum absolute atomic E-state index is 12.8. The molecule has 0 bridgehead atoms. The molecule has 4 rings (SSSR count). The van der Waals surface area contributed by atoms with Crippen LogP contribution in [0.5, 0.6) is 11.5 Å². The number of hydrogen-bond acceptors (Lipinski definition) is 4. The van der Waals surface area contributed by atoms with Crippen LogP contribution in [0.2, 0.25) is 0 Å². The number of phenols is 1. The first kappa shape index (κ1) is 21.0. The number of alkyl halides is 3. The van der Waals surface area contributed by atoms with Gasteiger partial charge in [-0.05, 0) is 70.2 Å². The predicted octanol–water partition coefficient (Wildman–Crippen LogP) is 5.27. The Morgan fingerprint density at radius 2 is 1.37 bits per heavy atom. The van der Waals surface area contributed by atoms with E-state index >= 15 is 0 Å². The summed E-state index contributed by atoms with van der Waals surface area (Å²) in [6.45, 7) is 8.30. The van der Waals surface area contributed by atoms with Crippen molar-refractivity contribution in [2.24, 2.45) is 0 Å². The van der Waals surface area contributed by atoms with Gasteiger partial charge in [0.15, 0.2) is 0 Å². The van der Waals surface area contributed by atoms with Gasteiger partial charge >= 0.3 is 15.6 Å². The van der Waals surface area contributed by atoms with E-state index in [4.69, 9.17) is 0 Å². The van der Waals surface area contributed by atoms with Gasteiger partial charge in [-0.25, -0.2) is 0 Å². The van der Waals surface area contributed by atoms with Gasteiger partial charge < -0.3 is 9.29 Å². The van der Waals surface area contributed by atoms with Gasteiger partial charge in [-0.1, -0.05) is 39.8 Å². The van der Waals surface area contributed by atoms with Gasteiger partial charge in [-0.15, -0.1) is 0 Å². The highest BCUT2D eigenvalue weighted by atomic mass is 32.2. The molecule has 2 aliphatic rings. The number of aromatic hydroxyl groups is 1. The van der Waals surface area contributed by atoms with E-state index in [-0.39, 0.29) is 22.3 Å². The van der Waals surface area contributed by atoms with Gasteiger partial charge in [0.1, 0.15) is 11.5 Å². The average molecular weight is 440 g/mol. The minimum Gasteiger partial charge on any atom is -0.508 e. The van der Waals surface area contributed by atoms with Crippen LogP contribution in [0.25, 0.3) is 0 Å². The van der Waals surface area contributed by atoms with Crippen LogP contribution in [0, 0.1) is 0 Å². The standard InChI is InChI=1S/C22H23F3O4S/c1-19(2)11-21(17-9-13(26)5-7-15(17)19)12-20(3,4)16-8-6-14(10-18(16)21)29-30(27,28)22(23,24)25/h5-10,26H,11-12H2,1-4H3. The van der Waals surface area contributed by atoms with Crippen molar-refractivity contribution >= 4 is 10.1 Å². The summed E-state index contributed by atoms with van der Waals surface area (Å²) in [4.78, 5) is 0. The van der Waals surface area contributed by atoms with E-state index in [2.05, 4.69) is 31.9 Å². The molecular weight excluding hydrogens is 417 g/mol. The molecule has 1 unspecified atom stereocenters. The maximum atomic E-state index is 12.8. The number of fused-ring (bicyclic) bond motifs is 4. The Morgan fingerprint density at radius 3 is 1.90 bits per heavy atom. The molecule has 0 aliphatic heterocycles. The van der Waals surface area contributed by atoms with Crippen molar-refractivity contribution in [3.63, 3.8) is 0 Å². The van der Waals surface area contributed by atoms with Crippen LogP contribution < -0.4 is 4.18 Å². The zero-order valence-electron chi connectivity index (χ0n) is 17.1. The number of phenolic OH excluding ortho intramolecular Hbond substituents is 1. The third kappa shape index (κ3) is 2.91. The molecule has 0 aromatic heterocycles. The lowest BCUT2D eigenvalue weighted by Crippen LogP contribution is -2.28. The molecule has 0 amide bonds. The summed E-state index contributed by atoms with van der Waals surface area (Å²) in [6, 6.07) is 9.58. The molecule has 0 saturated carbocycles. The molecule has 30 heavy (non-hydrogen) atoms. The van der Waals surface area contributed by atoms with Crippen molar-refractivity contribution < 1.29 is 30.9 Å². The molecule has 2 aliphatic carbocycles. The predicted molar refractivity (Wildman–Crippen MR) is 106 cm³/mol. The fourth-order valence-corrected chi connectivity index (χ4v) is 5.99. The van der Waals surface area contributed by atoms with E-state index in [9.17, 15) is 26.7 Å². The highest BCUT2D eigenvalue weighted by Gasteiger charge is 2.56.